The Labute approximate surface area is 104 Å². The molecule has 1 fully saturated rings. The molecule has 1 saturated heterocycles. The summed E-state index contributed by atoms with van der Waals surface area (Å²) in [7, 11) is 1.82. The number of ether oxygens (including phenoxy) is 1. The van der Waals surface area contributed by atoms with Crippen LogP contribution in [0.1, 0.15) is 46.0 Å². The average Bonchev–Trinajstić information content (AvgIpc) is 2.29. The van der Waals surface area contributed by atoms with Crippen LogP contribution < -0.4 is 5.73 Å². The van der Waals surface area contributed by atoms with Gasteiger partial charge in [0.15, 0.2) is 0 Å². The van der Waals surface area contributed by atoms with Crippen molar-refractivity contribution in [3.63, 3.8) is 0 Å². The van der Waals surface area contributed by atoms with Gasteiger partial charge in [-0.1, -0.05) is 13.3 Å². The first-order valence-electron chi connectivity index (χ1n) is 6.63. The summed E-state index contributed by atoms with van der Waals surface area (Å²) in [5.41, 5.74) is 5.31. The minimum atomic E-state index is -0.738. The van der Waals surface area contributed by atoms with Crippen LogP contribution in [0.2, 0.25) is 0 Å². The maximum absolute atomic E-state index is 12.2. The van der Waals surface area contributed by atoms with E-state index in [9.17, 15) is 4.79 Å². The Morgan fingerprint density at radius 1 is 1.53 bits per heavy atom. The van der Waals surface area contributed by atoms with Crippen LogP contribution in [0.15, 0.2) is 0 Å². The molecule has 4 nitrogen and oxygen atoms in total. The zero-order valence-electron chi connectivity index (χ0n) is 11.4. The number of likely N-dealkylation sites (N-methyl/N-ethyl adjacent to an activating group) is 1. The van der Waals surface area contributed by atoms with Crippen molar-refractivity contribution in [2.45, 2.75) is 57.6 Å². The monoisotopic (exact) mass is 242 g/mol. The molecule has 4 heteroatoms. The van der Waals surface area contributed by atoms with E-state index in [2.05, 4.69) is 0 Å². The van der Waals surface area contributed by atoms with Crippen LogP contribution in [0.5, 0.6) is 0 Å². The predicted octanol–water partition coefficient (Wildman–Crippen LogP) is 1.53. The van der Waals surface area contributed by atoms with Gasteiger partial charge < -0.3 is 15.4 Å². The van der Waals surface area contributed by atoms with Crippen LogP contribution in [-0.4, -0.2) is 42.6 Å². The van der Waals surface area contributed by atoms with Gasteiger partial charge in [0.05, 0.1) is 11.6 Å². The second-order valence-electron chi connectivity index (χ2n) is 5.34. The van der Waals surface area contributed by atoms with Gasteiger partial charge in [-0.2, -0.15) is 0 Å². The molecule has 100 valence electrons. The molecule has 0 aliphatic carbocycles. The molecule has 17 heavy (non-hydrogen) atoms. The first kappa shape index (κ1) is 14.5. The molecule has 0 aromatic heterocycles. The zero-order valence-corrected chi connectivity index (χ0v) is 11.4. The summed E-state index contributed by atoms with van der Waals surface area (Å²) in [5.74, 6) is 0.0218. The molecular formula is C13H26N2O2. The third-order valence-electron chi connectivity index (χ3n) is 3.36. The van der Waals surface area contributed by atoms with E-state index in [1.54, 1.807) is 4.90 Å². The van der Waals surface area contributed by atoms with Crippen LogP contribution in [0.25, 0.3) is 0 Å². The van der Waals surface area contributed by atoms with Crippen molar-refractivity contribution in [3.8, 4) is 0 Å². The Balaban J connectivity index is 2.45. The molecule has 0 radical (unpaired) electrons. The van der Waals surface area contributed by atoms with Crippen molar-refractivity contribution in [1.29, 1.82) is 0 Å². The third-order valence-corrected chi connectivity index (χ3v) is 3.36. The molecule has 0 saturated carbocycles. The van der Waals surface area contributed by atoms with Gasteiger partial charge in [-0.15, -0.1) is 0 Å². The van der Waals surface area contributed by atoms with Crippen molar-refractivity contribution in [3.05, 3.63) is 0 Å². The van der Waals surface area contributed by atoms with E-state index in [0.29, 0.717) is 6.54 Å². The highest BCUT2D eigenvalue weighted by atomic mass is 16.5. The molecule has 0 bridgehead atoms. The van der Waals surface area contributed by atoms with Crippen LogP contribution in [0.3, 0.4) is 0 Å². The predicted molar refractivity (Wildman–Crippen MR) is 68.7 cm³/mol. The highest BCUT2D eigenvalue weighted by Gasteiger charge is 2.31. The van der Waals surface area contributed by atoms with Crippen molar-refractivity contribution in [2.75, 3.05) is 20.2 Å². The molecule has 1 aliphatic rings. The van der Waals surface area contributed by atoms with Crippen molar-refractivity contribution >= 4 is 5.91 Å². The van der Waals surface area contributed by atoms with E-state index in [-0.39, 0.29) is 12.0 Å². The van der Waals surface area contributed by atoms with Crippen LogP contribution >= 0.6 is 0 Å². The molecule has 1 heterocycles. The summed E-state index contributed by atoms with van der Waals surface area (Å²) in [6.07, 6.45) is 5.22. The lowest BCUT2D eigenvalue weighted by Crippen LogP contribution is -2.53. The third kappa shape index (κ3) is 4.28. The van der Waals surface area contributed by atoms with Gasteiger partial charge in [-0.25, -0.2) is 0 Å². The minimum Gasteiger partial charge on any atom is -0.376 e. The second kappa shape index (κ2) is 6.36. The number of nitrogens with two attached hydrogens (primary N) is 1. The molecule has 2 atom stereocenters. The number of carbonyl (C=O) groups excluding carboxylic acids is 1. The van der Waals surface area contributed by atoms with Gasteiger partial charge >= 0.3 is 0 Å². The highest BCUT2D eigenvalue weighted by Crippen LogP contribution is 2.16. The number of amides is 1. The Kier molecular flexibility index (Phi) is 5.40. The number of hydrogen-bond acceptors (Lipinski definition) is 3. The van der Waals surface area contributed by atoms with Gasteiger partial charge in [0, 0.05) is 20.2 Å². The number of hydrogen-bond donors (Lipinski definition) is 1. The van der Waals surface area contributed by atoms with E-state index in [0.717, 1.165) is 32.3 Å². The van der Waals surface area contributed by atoms with E-state index < -0.39 is 5.54 Å². The first-order chi connectivity index (χ1) is 7.97. The SMILES string of the molecule is CCCC(C)(N)C(=O)N(C)CC1CCCCO1. The lowest BCUT2D eigenvalue weighted by atomic mass is 9.95. The maximum atomic E-state index is 12.2. The summed E-state index contributed by atoms with van der Waals surface area (Å²) < 4.78 is 5.64. The van der Waals surface area contributed by atoms with Crippen molar-refractivity contribution in [1.82, 2.24) is 4.90 Å². The zero-order chi connectivity index (χ0) is 12.9. The fraction of sp³-hybridized carbons (Fsp3) is 0.923. The Morgan fingerprint density at radius 3 is 2.76 bits per heavy atom. The maximum Gasteiger partial charge on any atom is 0.242 e. The van der Waals surface area contributed by atoms with Crippen LogP contribution in [0.4, 0.5) is 0 Å². The second-order valence-corrected chi connectivity index (χ2v) is 5.34. The first-order valence-corrected chi connectivity index (χ1v) is 6.63. The topological polar surface area (TPSA) is 55.6 Å². The lowest BCUT2D eigenvalue weighted by Gasteiger charge is -2.32. The Bertz CT molecular complexity index is 248. The fourth-order valence-corrected chi connectivity index (χ4v) is 2.40. The largest absolute Gasteiger partial charge is 0.376 e. The number of nitrogens with zero attached hydrogens (tertiary/aromatic N) is 1. The summed E-state index contributed by atoms with van der Waals surface area (Å²) in [6, 6.07) is 0. The van der Waals surface area contributed by atoms with Crippen molar-refractivity contribution in [2.24, 2.45) is 5.73 Å². The standard InChI is InChI=1S/C13H26N2O2/c1-4-8-13(2,14)12(16)15(3)10-11-7-5-6-9-17-11/h11H,4-10,14H2,1-3H3. The van der Waals surface area contributed by atoms with E-state index >= 15 is 0 Å². The van der Waals surface area contributed by atoms with E-state index in [1.807, 2.05) is 20.9 Å². The summed E-state index contributed by atoms with van der Waals surface area (Å²) in [5, 5.41) is 0. The normalized spacial score (nSPS) is 24.1. The van der Waals surface area contributed by atoms with Crippen LogP contribution in [-0.2, 0) is 9.53 Å². The van der Waals surface area contributed by atoms with Gasteiger partial charge in [0.25, 0.3) is 0 Å². The van der Waals surface area contributed by atoms with Gasteiger partial charge in [-0.05, 0) is 32.6 Å². The molecule has 1 aliphatic heterocycles. The fourth-order valence-electron chi connectivity index (χ4n) is 2.40. The van der Waals surface area contributed by atoms with Crippen molar-refractivity contribution < 1.29 is 9.53 Å². The van der Waals surface area contributed by atoms with E-state index in [1.165, 1.54) is 6.42 Å². The minimum absolute atomic E-state index is 0.0218. The van der Waals surface area contributed by atoms with Gasteiger partial charge in [-0.3, -0.25) is 4.79 Å². The molecule has 0 aromatic rings. The molecule has 2 N–H and O–H groups in total. The lowest BCUT2D eigenvalue weighted by molar-refractivity contribution is -0.137. The average molecular weight is 242 g/mol. The van der Waals surface area contributed by atoms with E-state index in [4.69, 9.17) is 10.5 Å². The molecule has 1 amide bonds. The summed E-state index contributed by atoms with van der Waals surface area (Å²) in [6.45, 7) is 5.34. The quantitative estimate of drug-likeness (QED) is 0.795. The molecule has 1 rings (SSSR count). The van der Waals surface area contributed by atoms with Gasteiger partial charge in [0.2, 0.25) is 5.91 Å². The molecule has 2 unspecified atom stereocenters. The smallest absolute Gasteiger partial charge is 0.242 e. The number of rotatable bonds is 5. The highest BCUT2D eigenvalue weighted by molar-refractivity contribution is 5.85. The molecular weight excluding hydrogens is 216 g/mol. The number of carbonyl (C=O) groups is 1. The van der Waals surface area contributed by atoms with Gasteiger partial charge in [0.1, 0.15) is 0 Å². The summed E-state index contributed by atoms with van der Waals surface area (Å²) in [4.78, 5) is 13.9. The van der Waals surface area contributed by atoms with Crippen LogP contribution in [0, 0.1) is 0 Å². The summed E-state index contributed by atoms with van der Waals surface area (Å²) >= 11 is 0. The Hall–Kier alpha value is -0.610. The molecule has 0 aromatic carbocycles. The molecule has 0 spiro atoms. The Morgan fingerprint density at radius 2 is 2.24 bits per heavy atom.